The minimum Gasteiger partial charge on any atom is -0.317 e. The second kappa shape index (κ2) is 9.31. The second-order valence-corrected chi connectivity index (χ2v) is 9.87. The molecule has 0 spiro atoms. The first-order valence-corrected chi connectivity index (χ1v) is 12.4. The fourth-order valence-electron chi connectivity index (χ4n) is 4.08. The number of anilines is 1. The van der Waals surface area contributed by atoms with Crippen LogP contribution in [0.15, 0.2) is 47.8 Å². The van der Waals surface area contributed by atoms with Crippen LogP contribution in [0.25, 0.3) is 16.2 Å². The molecule has 0 unspecified atom stereocenters. The number of hydrogen-bond donors (Lipinski definition) is 1. The van der Waals surface area contributed by atoms with Crippen molar-refractivity contribution in [2.24, 2.45) is 0 Å². The lowest BCUT2D eigenvalue weighted by molar-refractivity contribution is -0.142. The number of fused-ring (bicyclic) bond motifs is 1. The Labute approximate surface area is 218 Å². The van der Waals surface area contributed by atoms with Gasteiger partial charge in [0.05, 0.1) is 34.2 Å². The Morgan fingerprint density at radius 1 is 1.11 bits per heavy atom. The summed E-state index contributed by atoms with van der Waals surface area (Å²) in [7, 11) is 0. The maximum Gasteiger partial charge on any atom is 0.433 e. The Hall–Kier alpha value is -3.70. The Morgan fingerprint density at radius 3 is 2.57 bits per heavy atom. The Morgan fingerprint density at radius 2 is 1.89 bits per heavy atom. The molecule has 5 aromatic rings. The molecule has 7 nitrogen and oxygen atoms in total. The third-order valence-electron chi connectivity index (χ3n) is 5.85. The first-order chi connectivity index (χ1) is 17.5. The molecule has 190 valence electrons. The van der Waals surface area contributed by atoms with Gasteiger partial charge < -0.3 is 5.32 Å². The van der Waals surface area contributed by atoms with Crippen LogP contribution in [-0.2, 0) is 12.7 Å². The van der Waals surface area contributed by atoms with Gasteiger partial charge in [0.1, 0.15) is 5.02 Å². The number of aryl methyl sites for hydroxylation is 2. The van der Waals surface area contributed by atoms with Gasteiger partial charge in [-0.3, -0.25) is 9.48 Å². The standard InChI is InChI=1S/C25H20ClF3N6OS/c1-13-6-4-7-16(10-13)12-34-15(3)21(14(2)32-34)31-24(36)22-20(26)23-30-17(18-8-5-9-37-18)11-19(25(27,28)29)35(23)33-22/h4-11H,12H2,1-3H3,(H,31,36). The molecule has 1 N–H and O–H groups in total. The fourth-order valence-corrected chi connectivity index (χ4v) is 5.01. The number of halogens is 4. The highest BCUT2D eigenvalue weighted by Gasteiger charge is 2.37. The van der Waals surface area contributed by atoms with E-state index in [0.717, 1.165) is 17.2 Å². The average molecular weight is 545 g/mol. The highest BCUT2D eigenvalue weighted by Crippen LogP contribution is 2.35. The molecule has 37 heavy (non-hydrogen) atoms. The summed E-state index contributed by atoms with van der Waals surface area (Å²) in [6.45, 7) is 6.02. The summed E-state index contributed by atoms with van der Waals surface area (Å²) in [5.41, 5.74) is 2.21. The van der Waals surface area contributed by atoms with E-state index in [1.807, 2.05) is 31.2 Å². The minimum atomic E-state index is -4.75. The highest BCUT2D eigenvalue weighted by molar-refractivity contribution is 7.13. The number of nitrogens with one attached hydrogen (secondary N) is 1. The van der Waals surface area contributed by atoms with Gasteiger partial charge in [-0.1, -0.05) is 47.5 Å². The molecule has 1 aromatic carbocycles. The number of carbonyl (C=O) groups is 1. The number of hydrogen-bond acceptors (Lipinski definition) is 5. The van der Waals surface area contributed by atoms with Crippen LogP contribution >= 0.6 is 22.9 Å². The van der Waals surface area contributed by atoms with E-state index in [-0.39, 0.29) is 22.1 Å². The normalized spacial score (nSPS) is 11.9. The summed E-state index contributed by atoms with van der Waals surface area (Å²) in [6.07, 6.45) is -4.75. The number of aromatic nitrogens is 5. The van der Waals surface area contributed by atoms with Gasteiger partial charge in [0, 0.05) is 0 Å². The number of rotatable bonds is 5. The second-order valence-electron chi connectivity index (χ2n) is 8.55. The van der Waals surface area contributed by atoms with Crippen molar-refractivity contribution in [3.8, 4) is 10.6 Å². The molecule has 0 aliphatic rings. The van der Waals surface area contributed by atoms with E-state index in [1.165, 1.54) is 11.3 Å². The number of nitrogens with zero attached hydrogens (tertiary/aromatic N) is 5. The van der Waals surface area contributed by atoms with Crippen LogP contribution in [0.5, 0.6) is 0 Å². The topological polar surface area (TPSA) is 77.1 Å². The summed E-state index contributed by atoms with van der Waals surface area (Å²) in [5.74, 6) is -0.761. The quantitative estimate of drug-likeness (QED) is 0.272. The first-order valence-electron chi connectivity index (χ1n) is 11.1. The Kier molecular flexibility index (Phi) is 6.28. The van der Waals surface area contributed by atoms with E-state index >= 15 is 0 Å². The monoisotopic (exact) mass is 544 g/mol. The van der Waals surface area contributed by atoms with Gasteiger partial charge in [0.15, 0.2) is 17.0 Å². The predicted octanol–water partition coefficient (Wildman–Crippen LogP) is 6.55. The van der Waals surface area contributed by atoms with Crippen LogP contribution < -0.4 is 5.32 Å². The molecule has 12 heteroatoms. The summed E-state index contributed by atoms with van der Waals surface area (Å²) >= 11 is 7.63. The molecule has 0 atom stereocenters. The van der Waals surface area contributed by atoms with Crippen molar-refractivity contribution in [3.05, 3.63) is 86.8 Å². The molecule has 0 saturated heterocycles. The third kappa shape index (κ3) is 4.72. The molecule has 5 rings (SSSR count). The molecule has 0 bridgehead atoms. The maximum atomic E-state index is 13.9. The number of thiophene rings is 1. The molecule has 0 saturated carbocycles. The SMILES string of the molecule is Cc1cccc(Cn2nc(C)c(NC(=O)c3nn4c(C(F)(F)F)cc(-c5cccs5)nc4c3Cl)c2C)c1. The Balaban J connectivity index is 1.51. The smallest absolute Gasteiger partial charge is 0.317 e. The van der Waals surface area contributed by atoms with Gasteiger partial charge in [-0.05, 0) is 43.8 Å². The number of alkyl halides is 3. The van der Waals surface area contributed by atoms with Crippen molar-refractivity contribution in [2.45, 2.75) is 33.5 Å². The van der Waals surface area contributed by atoms with E-state index in [9.17, 15) is 18.0 Å². The van der Waals surface area contributed by atoms with Gasteiger partial charge in [-0.25, -0.2) is 9.50 Å². The molecule has 0 radical (unpaired) electrons. The zero-order chi connectivity index (χ0) is 26.5. The molecular weight excluding hydrogens is 525 g/mol. The van der Waals surface area contributed by atoms with Crippen molar-refractivity contribution in [1.29, 1.82) is 0 Å². The van der Waals surface area contributed by atoms with Crippen molar-refractivity contribution in [3.63, 3.8) is 0 Å². The minimum absolute atomic E-state index is 0.0905. The largest absolute Gasteiger partial charge is 0.433 e. The van der Waals surface area contributed by atoms with E-state index in [4.69, 9.17) is 11.6 Å². The molecule has 0 aliphatic heterocycles. The molecule has 4 heterocycles. The number of benzene rings is 1. The zero-order valence-corrected chi connectivity index (χ0v) is 21.5. The van der Waals surface area contributed by atoms with Crippen molar-refractivity contribution in [2.75, 3.05) is 5.32 Å². The van der Waals surface area contributed by atoms with Crippen LogP contribution in [-0.4, -0.2) is 30.3 Å². The van der Waals surface area contributed by atoms with Gasteiger partial charge in [0.2, 0.25) is 0 Å². The van der Waals surface area contributed by atoms with Crippen molar-refractivity contribution in [1.82, 2.24) is 24.4 Å². The van der Waals surface area contributed by atoms with Crippen LogP contribution in [0.2, 0.25) is 5.02 Å². The number of carbonyl (C=O) groups excluding carboxylic acids is 1. The molecule has 1 amide bonds. The van der Waals surface area contributed by atoms with Gasteiger partial charge in [-0.2, -0.15) is 23.4 Å². The fraction of sp³-hybridized carbons (Fsp3) is 0.200. The van der Waals surface area contributed by atoms with E-state index in [0.29, 0.717) is 33.0 Å². The molecular formula is C25H20ClF3N6OS. The summed E-state index contributed by atoms with van der Waals surface area (Å²) in [5, 5.41) is 12.6. The first kappa shape index (κ1) is 25.0. The van der Waals surface area contributed by atoms with Crippen LogP contribution in [0.3, 0.4) is 0 Å². The lowest BCUT2D eigenvalue weighted by atomic mass is 10.1. The molecule has 4 aromatic heterocycles. The zero-order valence-electron chi connectivity index (χ0n) is 19.9. The molecule has 0 fully saturated rings. The highest BCUT2D eigenvalue weighted by atomic mass is 35.5. The maximum absolute atomic E-state index is 13.9. The summed E-state index contributed by atoms with van der Waals surface area (Å²) in [6, 6.07) is 12.2. The lowest BCUT2D eigenvalue weighted by Gasteiger charge is -2.10. The molecule has 0 aliphatic carbocycles. The van der Waals surface area contributed by atoms with Crippen molar-refractivity contribution >= 4 is 40.2 Å². The average Bonchev–Trinajstić information content (AvgIpc) is 3.54. The van der Waals surface area contributed by atoms with Crippen molar-refractivity contribution < 1.29 is 18.0 Å². The van der Waals surface area contributed by atoms with Gasteiger partial charge >= 0.3 is 6.18 Å². The number of amides is 1. The summed E-state index contributed by atoms with van der Waals surface area (Å²) in [4.78, 5) is 18.0. The summed E-state index contributed by atoms with van der Waals surface area (Å²) < 4.78 is 44.0. The van der Waals surface area contributed by atoms with E-state index in [2.05, 4.69) is 20.5 Å². The van der Waals surface area contributed by atoms with Crippen LogP contribution in [0.1, 0.15) is 38.7 Å². The lowest BCUT2D eigenvalue weighted by Crippen LogP contribution is -2.16. The van der Waals surface area contributed by atoms with Gasteiger partial charge in [-0.15, -0.1) is 11.3 Å². The van der Waals surface area contributed by atoms with E-state index < -0.39 is 17.8 Å². The van der Waals surface area contributed by atoms with Gasteiger partial charge in [0.25, 0.3) is 5.91 Å². The van der Waals surface area contributed by atoms with Crippen LogP contribution in [0, 0.1) is 20.8 Å². The third-order valence-corrected chi connectivity index (χ3v) is 7.09. The van der Waals surface area contributed by atoms with Crippen LogP contribution in [0.4, 0.5) is 18.9 Å². The van der Waals surface area contributed by atoms with E-state index in [1.54, 1.807) is 36.0 Å². The predicted molar refractivity (Wildman–Crippen MR) is 136 cm³/mol. The Bertz CT molecular complexity index is 1640.